The highest BCUT2D eigenvalue weighted by Crippen LogP contribution is 2.30. The van der Waals surface area contributed by atoms with Gasteiger partial charge in [-0.15, -0.1) is 0 Å². The van der Waals surface area contributed by atoms with Gasteiger partial charge in [0.2, 0.25) is 0 Å². The smallest absolute Gasteiger partial charge is 0.281 e. The fourth-order valence-corrected chi connectivity index (χ4v) is 1.20. The normalized spacial score (nSPS) is 10.1. The van der Waals surface area contributed by atoms with E-state index in [9.17, 15) is 18.9 Å². The molecule has 16 heavy (non-hydrogen) atoms. The maximum atomic E-state index is 12.5. The first-order chi connectivity index (χ1) is 7.47. The number of hydrogen-bond donors (Lipinski definition) is 1. The Labute approximate surface area is 88.5 Å². The summed E-state index contributed by atoms with van der Waals surface area (Å²) in [6, 6.07) is 2.44. The predicted octanol–water partition coefficient (Wildman–Crippen LogP) is 1.58. The van der Waals surface area contributed by atoms with Crippen LogP contribution >= 0.6 is 0 Å². The lowest BCUT2D eigenvalue weighted by atomic mass is 10.1. The highest BCUT2D eigenvalue weighted by molar-refractivity contribution is 5.51. The van der Waals surface area contributed by atoms with Crippen molar-refractivity contribution >= 4 is 11.5 Å². The van der Waals surface area contributed by atoms with Crippen molar-refractivity contribution in [2.75, 3.05) is 5.73 Å². The minimum absolute atomic E-state index is 0.372. The van der Waals surface area contributed by atoms with Crippen LogP contribution in [0.5, 0.6) is 0 Å². The number of alkyl halides is 2. The zero-order valence-electron chi connectivity index (χ0n) is 7.85. The van der Waals surface area contributed by atoms with Crippen molar-refractivity contribution < 1.29 is 13.7 Å². The lowest BCUT2D eigenvalue weighted by Crippen LogP contribution is -2.06. The van der Waals surface area contributed by atoms with Crippen molar-refractivity contribution in [1.82, 2.24) is 4.98 Å². The van der Waals surface area contributed by atoms with Crippen molar-refractivity contribution in [1.29, 1.82) is 5.26 Å². The number of nitrogen functional groups attached to an aromatic ring is 1. The Kier molecular flexibility index (Phi) is 3.30. The maximum absolute atomic E-state index is 12.5. The molecule has 6 nitrogen and oxygen atoms in total. The zero-order valence-corrected chi connectivity index (χ0v) is 7.85. The quantitative estimate of drug-likeness (QED) is 0.624. The molecule has 8 heteroatoms. The van der Waals surface area contributed by atoms with Crippen LogP contribution in [-0.2, 0) is 6.42 Å². The van der Waals surface area contributed by atoms with Crippen LogP contribution in [0.1, 0.15) is 17.7 Å². The molecule has 84 valence electrons. The number of nitrogens with zero attached hydrogens (tertiary/aromatic N) is 3. The summed E-state index contributed by atoms with van der Waals surface area (Å²) in [7, 11) is 0. The van der Waals surface area contributed by atoms with Crippen LogP contribution in [0.2, 0.25) is 0 Å². The summed E-state index contributed by atoms with van der Waals surface area (Å²) in [5.74, 6) is -0.372. The van der Waals surface area contributed by atoms with Crippen LogP contribution in [0, 0.1) is 21.4 Å². The Hall–Kier alpha value is -2.30. The van der Waals surface area contributed by atoms with Gasteiger partial charge in [0.1, 0.15) is 11.5 Å². The third-order valence-corrected chi connectivity index (χ3v) is 1.81. The van der Waals surface area contributed by atoms with Gasteiger partial charge in [0.05, 0.1) is 29.0 Å². The summed E-state index contributed by atoms with van der Waals surface area (Å²) >= 11 is 0. The van der Waals surface area contributed by atoms with Crippen molar-refractivity contribution in [2.24, 2.45) is 0 Å². The topological polar surface area (TPSA) is 106 Å². The molecule has 1 aromatic rings. The SMILES string of the molecule is N#CCc1c([N+](=O)[O-])cc(N)nc1C(F)F. The Bertz CT molecular complexity index is 470. The molecule has 0 aliphatic carbocycles. The molecular formula is C8H6F2N4O2. The summed E-state index contributed by atoms with van der Waals surface area (Å²) in [5.41, 5.74) is 3.36. The number of halogens is 2. The molecule has 0 atom stereocenters. The second-order valence-corrected chi connectivity index (χ2v) is 2.82. The molecule has 0 spiro atoms. The highest BCUT2D eigenvalue weighted by atomic mass is 19.3. The summed E-state index contributed by atoms with van der Waals surface area (Å²) in [6.07, 6.45) is -3.52. The molecular weight excluding hydrogens is 222 g/mol. The summed E-state index contributed by atoms with van der Waals surface area (Å²) < 4.78 is 25.0. The van der Waals surface area contributed by atoms with Gasteiger partial charge in [-0.2, -0.15) is 5.26 Å². The van der Waals surface area contributed by atoms with Gasteiger partial charge in [-0.25, -0.2) is 13.8 Å². The van der Waals surface area contributed by atoms with E-state index in [1.165, 1.54) is 0 Å². The first-order valence-electron chi connectivity index (χ1n) is 4.06. The van der Waals surface area contributed by atoms with E-state index in [0.29, 0.717) is 0 Å². The van der Waals surface area contributed by atoms with Gasteiger partial charge in [0.15, 0.2) is 0 Å². The highest BCUT2D eigenvalue weighted by Gasteiger charge is 2.25. The third kappa shape index (κ3) is 2.20. The van der Waals surface area contributed by atoms with E-state index in [0.717, 1.165) is 6.07 Å². The molecule has 0 aliphatic rings. The Morgan fingerprint density at radius 3 is 2.75 bits per heavy atom. The first kappa shape index (κ1) is 11.8. The number of nitro groups is 1. The van der Waals surface area contributed by atoms with Crippen LogP contribution in [0.25, 0.3) is 0 Å². The van der Waals surface area contributed by atoms with Gasteiger partial charge in [0, 0.05) is 0 Å². The second-order valence-electron chi connectivity index (χ2n) is 2.82. The van der Waals surface area contributed by atoms with Crippen molar-refractivity contribution in [2.45, 2.75) is 12.8 Å². The standard InChI is InChI=1S/C8H6F2N4O2/c9-8(10)7-4(1-2-11)5(14(15)16)3-6(12)13-7/h3,8H,1H2,(H2,12,13). The van der Waals surface area contributed by atoms with E-state index in [1.54, 1.807) is 6.07 Å². The Morgan fingerprint density at radius 2 is 2.31 bits per heavy atom. The predicted molar refractivity (Wildman–Crippen MR) is 49.6 cm³/mol. The van der Waals surface area contributed by atoms with E-state index in [2.05, 4.69) is 4.98 Å². The fraction of sp³-hybridized carbons (Fsp3) is 0.250. The largest absolute Gasteiger partial charge is 0.383 e. The average molecular weight is 228 g/mol. The monoisotopic (exact) mass is 228 g/mol. The number of pyridine rings is 1. The van der Waals surface area contributed by atoms with Gasteiger partial charge in [0.25, 0.3) is 12.1 Å². The molecule has 2 N–H and O–H groups in total. The van der Waals surface area contributed by atoms with Crippen LogP contribution in [0.15, 0.2) is 6.07 Å². The lowest BCUT2D eigenvalue weighted by molar-refractivity contribution is -0.385. The molecule has 1 aromatic heterocycles. The average Bonchev–Trinajstić information content (AvgIpc) is 2.19. The van der Waals surface area contributed by atoms with E-state index in [4.69, 9.17) is 11.0 Å². The van der Waals surface area contributed by atoms with Gasteiger partial charge in [-0.05, 0) is 0 Å². The molecule has 0 aliphatic heterocycles. The number of rotatable bonds is 3. The molecule has 0 aromatic carbocycles. The molecule has 1 heterocycles. The second kappa shape index (κ2) is 4.48. The maximum Gasteiger partial charge on any atom is 0.281 e. The minimum atomic E-state index is -3.01. The van der Waals surface area contributed by atoms with Crippen molar-refractivity contribution in [3.05, 3.63) is 27.4 Å². The van der Waals surface area contributed by atoms with E-state index >= 15 is 0 Å². The van der Waals surface area contributed by atoms with Crippen molar-refractivity contribution in [3.8, 4) is 6.07 Å². The molecule has 0 saturated heterocycles. The fourth-order valence-electron chi connectivity index (χ4n) is 1.20. The molecule has 0 bridgehead atoms. The Balaban J connectivity index is 3.48. The first-order valence-corrected chi connectivity index (χ1v) is 4.06. The van der Waals surface area contributed by atoms with E-state index in [-0.39, 0.29) is 5.82 Å². The van der Waals surface area contributed by atoms with E-state index < -0.39 is 34.7 Å². The van der Waals surface area contributed by atoms with Crippen LogP contribution < -0.4 is 5.73 Å². The van der Waals surface area contributed by atoms with Gasteiger partial charge >= 0.3 is 0 Å². The molecule has 0 fully saturated rings. The van der Waals surface area contributed by atoms with Gasteiger partial charge in [-0.1, -0.05) is 0 Å². The number of aromatic nitrogens is 1. The number of hydrogen-bond acceptors (Lipinski definition) is 5. The summed E-state index contributed by atoms with van der Waals surface area (Å²) in [5, 5.41) is 19.0. The van der Waals surface area contributed by atoms with Crippen molar-refractivity contribution in [3.63, 3.8) is 0 Å². The third-order valence-electron chi connectivity index (χ3n) is 1.81. The molecule has 0 radical (unpaired) electrons. The molecule has 0 unspecified atom stereocenters. The van der Waals surface area contributed by atoms with Gasteiger partial charge < -0.3 is 5.73 Å². The molecule has 1 rings (SSSR count). The minimum Gasteiger partial charge on any atom is -0.383 e. The lowest BCUT2D eigenvalue weighted by Gasteiger charge is -2.06. The number of anilines is 1. The summed E-state index contributed by atoms with van der Waals surface area (Å²) in [6.45, 7) is 0. The zero-order chi connectivity index (χ0) is 12.3. The number of nitrogens with two attached hydrogens (primary N) is 1. The summed E-state index contributed by atoms with van der Waals surface area (Å²) in [4.78, 5) is 13.0. The van der Waals surface area contributed by atoms with Gasteiger partial charge in [-0.3, -0.25) is 10.1 Å². The van der Waals surface area contributed by atoms with Crippen LogP contribution in [-0.4, -0.2) is 9.91 Å². The van der Waals surface area contributed by atoms with Crippen LogP contribution in [0.4, 0.5) is 20.3 Å². The number of nitriles is 1. The van der Waals surface area contributed by atoms with E-state index in [1.807, 2.05) is 0 Å². The molecule has 0 saturated carbocycles. The van der Waals surface area contributed by atoms with Crippen LogP contribution in [0.3, 0.4) is 0 Å². The molecule has 0 amide bonds. The Morgan fingerprint density at radius 1 is 1.69 bits per heavy atom.